The highest BCUT2D eigenvalue weighted by Gasteiger charge is 2.33. The Morgan fingerprint density at radius 1 is 0.917 bits per heavy atom. The third-order valence-corrected chi connectivity index (χ3v) is 8.48. The van der Waals surface area contributed by atoms with Gasteiger partial charge in [0.25, 0.3) is 5.91 Å². The normalized spacial score (nSPS) is 12.0. The van der Waals surface area contributed by atoms with Crippen molar-refractivity contribution in [2.45, 2.75) is 23.5 Å². The average molecular weight is 572 g/mol. The van der Waals surface area contributed by atoms with Crippen molar-refractivity contribution in [2.24, 2.45) is 0 Å². The van der Waals surface area contributed by atoms with Gasteiger partial charge in [0.1, 0.15) is 16.7 Å². The first-order chi connectivity index (χ1) is 17.0. The quantitative estimate of drug-likeness (QED) is 0.294. The molecule has 0 saturated heterocycles. The summed E-state index contributed by atoms with van der Waals surface area (Å²) in [6.07, 6.45) is -0.0123. The van der Waals surface area contributed by atoms with Gasteiger partial charge in [-0.25, -0.2) is 8.42 Å². The molecule has 8 nitrogen and oxygen atoms in total. The number of hydrogen-bond donors (Lipinski definition) is 3. The zero-order valence-corrected chi connectivity index (χ0v) is 22.1. The number of sulfone groups is 1. The van der Waals surface area contributed by atoms with Crippen molar-refractivity contribution in [1.82, 2.24) is 0 Å². The van der Waals surface area contributed by atoms with E-state index < -0.39 is 32.7 Å². The van der Waals surface area contributed by atoms with Crippen LogP contribution in [0.5, 0.6) is 11.5 Å². The third-order valence-electron chi connectivity index (χ3n) is 5.20. The molecule has 3 aromatic carbocycles. The average Bonchev–Trinajstić information content (AvgIpc) is 2.84. The van der Waals surface area contributed by atoms with Gasteiger partial charge in [0.05, 0.1) is 38.4 Å². The molecule has 3 N–H and O–H groups in total. The number of amides is 2. The van der Waals surface area contributed by atoms with Gasteiger partial charge in [0.2, 0.25) is 5.91 Å². The lowest BCUT2D eigenvalue weighted by atomic mass is 10.2. The fraction of sp³-hybridized carbons (Fsp3) is 0.167. The van der Waals surface area contributed by atoms with Crippen molar-refractivity contribution in [1.29, 1.82) is 0 Å². The number of benzene rings is 3. The fourth-order valence-electron chi connectivity index (χ4n) is 3.28. The number of hydrogen-bond acceptors (Lipinski definition) is 6. The van der Waals surface area contributed by atoms with E-state index in [0.29, 0.717) is 5.75 Å². The fourth-order valence-corrected chi connectivity index (χ4v) is 5.41. The summed E-state index contributed by atoms with van der Waals surface area (Å²) in [5.41, 5.74) is 0.119. The maximum absolute atomic E-state index is 13.1. The van der Waals surface area contributed by atoms with Gasteiger partial charge < -0.3 is 20.5 Å². The van der Waals surface area contributed by atoms with Crippen LogP contribution in [0.2, 0.25) is 15.1 Å². The molecule has 0 aliphatic carbocycles. The molecule has 0 fully saturated rings. The Labute approximate surface area is 223 Å². The van der Waals surface area contributed by atoms with Gasteiger partial charge in [-0.2, -0.15) is 0 Å². The molecule has 12 heteroatoms. The van der Waals surface area contributed by atoms with Crippen molar-refractivity contribution in [3.8, 4) is 11.5 Å². The number of carbonyl (C=O) groups excluding carboxylic acids is 2. The van der Waals surface area contributed by atoms with E-state index in [2.05, 4.69) is 10.6 Å². The lowest BCUT2D eigenvalue weighted by Crippen LogP contribution is -2.34. The zero-order chi connectivity index (χ0) is 26.6. The maximum Gasteiger partial charge on any atom is 0.255 e. The van der Waals surface area contributed by atoms with Crippen molar-refractivity contribution in [3.63, 3.8) is 0 Å². The van der Waals surface area contributed by atoms with Gasteiger partial charge in [0, 0.05) is 11.6 Å². The van der Waals surface area contributed by atoms with Gasteiger partial charge in [-0.05, 0) is 55.0 Å². The highest BCUT2D eigenvalue weighted by molar-refractivity contribution is 7.92. The Bertz CT molecular complexity index is 1410. The monoisotopic (exact) mass is 570 g/mol. The highest BCUT2D eigenvalue weighted by Crippen LogP contribution is 2.35. The van der Waals surface area contributed by atoms with Crippen LogP contribution in [0.25, 0.3) is 0 Å². The molecule has 0 heterocycles. The van der Waals surface area contributed by atoms with Crippen molar-refractivity contribution in [2.75, 3.05) is 17.7 Å². The molecule has 190 valence electrons. The maximum atomic E-state index is 13.1. The summed E-state index contributed by atoms with van der Waals surface area (Å²) in [4.78, 5) is 25.4. The molecular weight excluding hydrogens is 551 g/mol. The molecule has 3 rings (SSSR count). The second-order valence-corrected chi connectivity index (χ2v) is 10.9. The van der Waals surface area contributed by atoms with Gasteiger partial charge in [-0.15, -0.1) is 0 Å². The predicted octanol–water partition coefficient (Wildman–Crippen LogP) is 5.80. The minimum Gasteiger partial charge on any atom is -0.506 e. The van der Waals surface area contributed by atoms with E-state index in [9.17, 15) is 23.1 Å². The van der Waals surface area contributed by atoms with Crippen LogP contribution >= 0.6 is 34.8 Å². The number of phenolic OH excluding ortho intramolecular Hbond substituents is 1. The predicted molar refractivity (Wildman–Crippen MR) is 140 cm³/mol. The van der Waals surface area contributed by atoms with E-state index >= 15 is 0 Å². The summed E-state index contributed by atoms with van der Waals surface area (Å²) in [7, 11) is -2.58. The molecule has 0 aliphatic rings. The van der Waals surface area contributed by atoms with Crippen molar-refractivity contribution >= 4 is 67.8 Å². The molecule has 0 spiro atoms. The standard InChI is InChI=1S/C24H21Cl3N2O6S/c1-3-22(36(33,34)15-7-5-14(35-2)6-8-15)24(32)28-19-12-21(30)20(11-18(19)27)29-23(31)13-4-9-16(25)17(26)10-13/h4-12,22,30H,3H2,1-2H3,(H,28,32)(H,29,31). The molecular formula is C24H21Cl3N2O6S. The van der Waals surface area contributed by atoms with Gasteiger partial charge in [0.15, 0.2) is 9.84 Å². The van der Waals surface area contributed by atoms with Gasteiger partial charge >= 0.3 is 0 Å². The lowest BCUT2D eigenvalue weighted by molar-refractivity contribution is -0.115. The van der Waals surface area contributed by atoms with Crippen LogP contribution in [-0.2, 0) is 14.6 Å². The summed E-state index contributed by atoms with van der Waals surface area (Å²) in [6.45, 7) is 1.56. The molecule has 0 aromatic heterocycles. The Morgan fingerprint density at radius 2 is 1.58 bits per heavy atom. The second-order valence-electron chi connectivity index (χ2n) is 7.54. The van der Waals surface area contributed by atoms with Gasteiger partial charge in [-0.3, -0.25) is 9.59 Å². The number of methoxy groups -OCH3 is 1. The molecule has 2 amide bonds. The Hall–Kier alpha value is -2.98. The van der Waals surface area contributed by atoms with Gasteiger partial charge in [-0.1, -0.05) is 41.7 Å². The summed E-state index contributed by atoms with van der Waals surface area (Å²) in [5.74, 6) is -1.36. The first kappa shape index (κ1) is 27.6. The molecule has 0 bridgehead atoms. The molecule has 0 aliphatic heterocycles. The molecule has 0 radical (unpaired) electrons. The topological polar surface area (TPSA) is 122 Å². The van der Waals surface area contributed by atoms with E-state index in [1.165, 1.54) is 55.6 Å². The Kier molecular flexibility index (Phi) is 8.73. The number of aromatic hydroxyl groups is 1. The largest absolute Gasteiger partial charge is 0.506 e. The SMILES string of the molecule is CCC(C(=O)Nc1cc(O)c(NC(=O)c2ccc(Cl)c(Cl)c2)cc1Cl)S(=O)(=O)c1ccc(OC)cc1. The summed E-state index contributed by atoms with van der Waals surface area (Å²) in [6, 6.07) is 12.3. The van der Waals surface area contributed by atoms with E-state index in [1.54, 1.807) is 6.92 Å². The van der Waals surface area contributed by atoms with Crippen LogP contribution in [0.1, 0.15) is 23.7 Å². The summed E-state index contributed by atoms with van der Waals surface area (Å²) in [5, 5.41) is 14.3. The first-order valence-corrected chi connectivity index (χ1v) is 13.1. The van der Waals surface area contributed by atoms with E-state index in [-0.39, 0.29) is 43.3 Å². The van der Waals surface area contributed by atoms with Crippen molar-refractivity contribution < 1.29 is 27.9 Å². The Morgan fingerprint density at radius 3 is 2.17 bits per heavy atom. The number of anilines is 2. The molecule has 36 heavy (non-hydrogen) atoms. The Balaban J connectivity index is 1.80. The van der Waals surface area contributed by atoms with E-state index in [0.717, 1.165) is 6.07 Å². The van der Waals surface area contributed by atoms with Crippen LogP contribution in [0.4, 0.5) is 11.4 Å². The zero-order valence-electron chi connectivity index (χ0n) is 19.0. The number of ether oxygens (including phenoxy) is 1. The summed E-state index contributed by atoms with van der Waals surface area (Å²) < 4.78 is 31.1. The van der Waals surface area contributed by atoms with Crippen LogP contribution in [0, 0.1) is 0 Å². The van der Waals surface area contributed by atoms with Crippen LogP contribution in [-0.4, -0.2) is 37.7 Å². The number of phenols is 1. The molecule has 3 aromatic rings. The van der Waals surface area contributed by atoms with E-state index in [1.807, 2.05) is 0 Å². The van der Waals surface area contributed by atoms with Crippen LogP contribution in [0.15, 0.2) is 59.5 Å². The van der Waals surface area contributed by atoms with Crippen LogP contribution in [0.3, 0.4) is 0 Å². The second kappa shape index (κ2) is 11.4. The smallest absolute Gasteiger partial charge is 0.255 e. The number of halogens is 3. The third kappa shape index (κ3) is 6.04. The molecule has 1 unspecified atom stereocenters. The van der Waals surface area contributed by atoms with Crippen molar-refractivity contribution in [3.05, 3.63) is 75.2 Å². The number of nitrogens with one attached hydrogen (secondary N) is 2. The van der Waals surface area contributed by atoms with E-state index in [4.69, 9.17) is 39.5 Å². The first-order valence-electron chi connectivity index (χ1n) is 10.5. The lowest BCUT2D eigenvalue weighted by Gasteiger charge is -2.18. The number of carbonyl (C=O) groups is 2. The molecule has 1 atom stereocenters. The number of rotatable bonds is 8. The molecule has 0 saturated carbocycles. The summed E-state index contributed by atoms with van der Waals surface area (Å²) >= 11 is 18.1. The minimum atomic E-state index is -4.03. The van der Waals surface area contributed by atoms with Crippen LogP contribution < -0.4 is 15.4 Å². The minimum absolute atomic E-state index is 0.0123. The highest BCUT2D eigenvalue weighted by atomic mass is 35.5.